The van der Waals surface area contributed by atoms with Gasteiger partial charge in [0.25, 0.3) is 0 Å². The molecule has 0 aromatic carbocycles. The fourth-order valence-electron chi connectivity index (χ4n) is 2.95. The Morgan fingerprint density at radius 1 is 0.903 bits per heavy atom. The largest absolute Gasteiger partial charge is 0.370 e. The highest BCUT2D eigenvalue weighted by molar-refractivity contribution is 5.92. The van der Waals surface area contributed by atoms with Gasteiger partial charge in [0.05, 0.1) is 6.04 Å². The maximum Gasteiger partial charge on any atom is 0.243 e. The highest BCUT2D eigenvalue weighted by atomic mass is 16.2. The lowest BCUT2D eigenvalue weighted by molar-refractivity contribution is -0.133. The standard InChI is InChI=1S/C21H40N6O4/c1-6-18(29)26-16(10-13(2)3)20(31)27-17(11-14(4)5)19(30)25-15(12-28)8-7-9-24-21(22)23/h12-17H,6-11H2,1-5H3,(H,25,30)(H,26,29)(H,27,31)(H4,22,23,24)/t15?,16-,17-/m0/s1. The number of rotatable bonds is 15. The molecular weight excluding hydrogens is 400 g/mol. The maximum atomic E-state index is 12.8. The molecule has 0 saturated carbocycles. The molecule has 0 aromatic heterocycles. The van der Waals surface area contributed by atoms with E-state index in [1.165, 1.54) is 0 Å². The van der Waals surface area contributed by atoms with E-state index in [9.17, 15) is 19.2 Å². The number of nitrogens with one attached hydrogen (secondary N) is 3. The lowest BCUT2D eigenvalue weighted by Crippen LogP contribution is -2.55. The highest BCUT2D eigenvalue weighted by Gasteiger charge is 2.28. The SMILES string of the molecule is CCC(=O)N[C@@H](CC(C)C)C(=O)N[C@@H](CC(C)C)C(=O)NC(C=O)CCCN=C(N)N. The summed E-state index contributed by atoms with van der Waals surface area (Å²) in [6.07, 6.45) is 2.66. The summed E-state index contributed by atoms with van der Waals surface area (Å²) in [5.74, 6) is -0.806. The first-order valence-corrected chi connectivity index (χ1v) is 10.9. The van der Waals surface area contributed by atoms with Crippen LogP contribution < -0.4 is 27.4 Å². The number of guanidine groups is 1. The van der Waals surface area contributed by atoms with Crippen molar-refractivity contribution in [1.82, 2.24) is 16.0 Å². The monoisotopic (exact) mass is 440 g/mol. The first-order chi connectivity index (χ1) is 14.5. The van der Waals surface area contributed by atoms with Crippen LogP contribution in [0.3, 0.4) is 0 Å². The lowest BCUT2D eigenvalue weighted by atomic mass is 9.99. The van der Waals surface area contributed by atoms with Gasteiger partial charge in [0.1, 0.15) is 18.4 Å². The number of carbonyl (C=O) groups is 4. The summed E-state index contributed by atoms with van der Waals surface area (Å²) in [7, 11) is 0. The third-order valence-electron chi connectivity index (χ3n) is 4.48. The molecule has 178 valence electrons. The molecule has 0 heterocycles. The zero-order valence-corrected chi connectivity index (χ0v) is 19.4. The third-order valence-corrected chi connectivity index (χ3v) is 4.48. The Labute approximate surface area is 185 Å². The van der Waals surface area contributed by atoms with Crippen LogP contribution in [0.4, 0.5) is 0 Å². The molecule has 0 bridgehead atoms. The van der Waals surface area contributed by atoms with E-state index in [0.29, 0.717) is 38.5 Å². The van der Waals surface area contributed by atoms with E-state index in [0.717, 1.165) is 0 Å². The number of nitrogens with zero attached hydrogens (tertiary/aromatic N) is 1. The number of aldehydes is 1. The molecule has 31 heavy (non-hydrogen) atoms. The molecule has 7 N–H and O–H groups in total. The normalized spacial score (nSPS) is 13.8. The Hall–Kier alpha value is -2.65. The average molecular weight is 441 g/mol. The van der Waals surface area contributed by atoms with Crippen molar-refractivity contribution < 1.29 is 19.2 Å². The van der Waals surface area contributed by atoms with E-state index in [-0.39, 0.29) is 30.1 Å². The highest BCUT2D eigenvalue weighted by Crippen LogP contribution is 2.10. The summed E-state index contributed by atoms with van der Waals surface area (Å²) in [6, 6.07) is -2.25. The van der Waals surface area contributed by atoms with Gasteiger partial charge in [0, 0.05) is 13.0 Å². The molecule has 10 nitrogen and oxygen atoms in total. The van der Waals surface area contributed by atoms with Gasteiger partial charge in [0.15, 0.2) is 5.96 Å². The van der Waals surface area contributed by atoms with Crippen LogP contribution in [-0.2, 0) is 19.2 Å². The number of hydrogen-bond donors (Lipinski definition) is 5. The topological polar surface area (TPSA) is 169 Å². The van der Waals surface area contributed by atoms with Crippen molar-refractivity contribution in [2.24, 2.45) is 28.3 Å². The molecule has 10 heteroatoms. The van der Waals surface area contributed by atoms with E-state index in [4.69, 9.17) is 11.5 Å². The van der Waals surface area contributed by atoms with Gasteiger partial charge in [-0.25, -0.2) is 0 Å². The van der Waals surface area contributed by atoms with Crippen LogP contribution in [0.15, 0.2) is 4.99 Å². The summed E-state index contributed by atoms with van der Waals surface area (Å²) < 4.78 is 0. The molecule has 3 amide bonds. The van der Waals surface area contributed by atoms with Crippen LogP contribution in [-0.4, -0.2) is 54.6 Å². The van der Waals surface area contributed by atoms with Gasteiger partial charge >= 0.3 is 0 Å². The number of nitrogens with two attached hydrogens (primary N) is 2. The second-order valence-corrected chi connectivity index (χ2v) is 8.49. The molecule has 0 rings (SSSR count). The first kappa shape index (κ1) is 28.4. The zero-order chi connectivity index (χ0) is 24.0. The minimum absolute atomic E-state index is 0.0301. The van der Waals surface area contributed by atoms with Gasteiger partial charge in [-0.2, -0.15) is 0 Å². The second-order valence-electron chi connectivity index (χ2n) is 8.49. The molecule has 0 aromatic rings. The molecule has 0 saturated heterocycles. The number of carbonyl (C=O) groups excluding carboxylic acids is 4. The minimum Gasteiger partial charge on any atom is -0.370 e. The van der Waals surface area contributed by atoms with Crippen LogP contribution in [0.1, 0.15) is 66.7 Å². The molecule has 0 aliphatic rings. The van der Waals surface area contributed by atoms with Gasteiger partial charge in [-0.1, -0.05) is 34.6 Å². The smallest absolute Gasteiger partial charge is 0.243 e. The predicted molar refractivity (Wildman–Crippen MR) is 121 cm³/mol. The van der Waals surface area contributed by atoms with E-state index in [2.05, 4.69) is 20.9 Å². The Morgan fingerprint density at radius 3 is 1.87 bits per heavy atom. The number of amides is 3. The summed E-state index contributed by atoms with van der Waals surface area (Å²) >= 11 is 0. The predicted octanol–water partition coefficient (Wildman–Crippen LogP) is 0.196. The van der Waals surface area contributed by atoms with E-state index in [1.807, 2.05) is 27.7 Å². The Balaban J connectivity index is 5.16. The van der Waals surface area contributed by atoms with E-state index >= 15 is 0 Å². The fraction of sp³-hybridized carbons (Fsp3) is 0.762. The van der Waals surface area contributed by atoms with Crippen LogP contribution >= 0.6 is 0 Å². The van der Waals surface area contributed by atoms with Crippen LogP contribution in [0.25, 0.3) is 0 Å². The van der Waals surface area contributed by atoms with Gasteiger partial charge in [-0.3, -0.25) is 19.4 Å². The fourth-order valence-corrected chi connectivity index (χ4v) is 2.95. The lowest BCUT2D eigenvalue weighted by Gasteiger charge is -2.26. The van der Waals surface area contributed by atoms with E-state index < -0.39 is 29.9 Å². The van der Waals surface area contributed by atoms with Crippen molar-refractivity contribution in [2.45, 2.75) is 84.8 Å². The summed E-state index contributed by atoms with van der Waals surface area (Å²) in [5.41, 5.74) is 10.5. The Kier molecular flexibility index (Phi) is 13.9. The second kappa shape index (κ2) is 15.2. The Bertz CT molecular complexity index is 617. The van der Waals surface area contributed by atoms with Crippen LogP contribution in [0.2, 0.25) is 0 Å². The summed E-state index contributed by atoms with van der Waals surface area (Å²) in [5, 5.41) is 8.15. The minimum atomic E-state index is -0.819. The molecule has 0 aliphatic heterocycles. The molecule has 0 radical (unpaired) electrons. The average Bonchev–Trinajstić information content (AvgIpc) is 2.67. The summed E-state index contributed by atoms with van der Waals surface area (Å²) in [4.78, 5) is 52.7. The molecule has 0 fully saturated rings. The number of aliphatic imine (C=N–C) groups is 1. The van der Waals surface area contributed by atoms with Crippen molar-refractivity contribution >= 4 is 30.0 Å². The van der Waals surface area contributed by atoms with Crippen LogP contribution in [0.5, 0.6) is 0 Å². The maximum absolute atomic E-state index is 12.8. The Morgan fingerprint density at radius 2 is 1.42 bits per heavy atom. The molecule has 1 unspecified atom stereocenters. The van der Waals surface area contributed by atoms with Gasteiger partial charge < -0.3 is 32.2 Å². The van der Waals surface area contributed by atoms with Crippen molar-refractivity contribution in [3.05, 3.63) is 0 Å². The van der Waals surface area contributed by atoms with Crippen LogP contribution in [0, 0.1) is 11.8 Å². The molecule has 0 spiro atoms. The molecule has 3 atom stereocenters. The first-order valence-electron chi connectivity index (χ1n) is 10.9. The van der Waals surface area contributed by atoms with E-state index in [1.54, 1.807) is 6.92 Å². The van der Waals surface area contributed by atoms with Gasteiger partial charge in [-0.15, -0.1) is 0 Å². The zero-order valence-electron chi connectivity index (χ0n) is 19.4. The summed E-state index contributed by atoms with van der Waals surface area (Å²) in [6.45, 7) is 9.83. The molecule has 0 aliphatic carbocycles. The van der Waals surface area contributed by atoms with Gasteiger partial charge in [0.2, 0.25) is 17.7 Å². The van der Waals surface area contributed by atoms with Crippen molar-refractivity contribution in [1.29, 1.82) is 0 Å². The van der Waals surface area contributed by atoms with Crippen molar-refractivity contribution in [2.75, 3.05) is 6.54 Å². The van der Waals surface area contributed by atoms with Gasteiger partial charge in [-0.05, 0) is 37.5 Å². The third kappa shape index (κ3) is 13.3. The quantitative estimate of drug-likeness (QED) is 0.105. The molecular formula is C21H40N6O4. The number of hydrogen-bond acceptors (Lipinski definition) is 5. The van der Waals surface area contributed by atoms with Crippen molar-refractivity contribution in [3.8, 4) is 0 Å². The van der Waals surface area contributed by atoms with Crippen molar-refractivity contribution in [3.63, 3.8) is 0 Å².